The fraction of sp³-hybridized carbons (Fsp3) is 0.350. The third-order valence-electron chi connectivity index (χ3n) is 4.96. The Morgan fingerprint density at radius 1 is 1.23 bits per heavy atom. The van der Waals surface area contributed by atoms with E-state index in [1.54, 1.807) is 6.07 Å². The van der Waals surface area contributed by atoms with E-state index < -0.39 is 5.97 Å². The van der Waals surface area contributed by atoms with Crippen molar-refractivity contribution >= 4 is 28.6 Å². The molecule has 1 aliphatic carbocycles. The van der Waals surface area contributed by atoms with Gasteiger partial charge in [-0.1, -0.05) is 31.4 Å². The lowest BCUT2D eigenvalue weighted by molar-refractivity contribution is -0.136. The molecule has 1 aromatic carbocycles. The van der Waals surface area contributed by atoms with Gasteiger partial charge in [0.1, 0.15) is 5.65 Å². The fourth-order valence-corrected chi connectivity index (χ4v) is 3.71. The summed E-state index contributed by atoms with van der Waals surface area (Å²) in [5.74, 6) is -0.314. The van der Waals surface area contributed by atoms with Gasteiger partial charge in [0.25, 0.3) is 0 Å². The number of rotatable bonds is 5. The molecule has 0 amide bonds. The third-order valence-corrected chi connectivity index (χ3v) is 4.96. The normalized spacial score (nSPS) is 15.2. The van der Waals surface area contributed by atoms with Crippen molar-refractivity contribution in [2.24, 2.45) is 0 Å². The lowest BCUT2D eigenvalue weighted by Gasteiger charge is -2.23. The van der Waals surface area contributed by atoms with Gasteiger partial charge >= 0.3 is 5.97 Å². The van der Waals surface area contributed by atoms with Crippen LogP contribution in [0.25, 0.3) is 11.0 Å². The summed E-state index contributed by atoms with van der Waals surface area (Å²) >= 11 is 0. The molecule has 0 saturated heterocycles. The highest BCUT2D eigenvalue weighted by molar-refractivity contribution is 5.77. The summed E-state index contributed by atoms with van der Waals surface area (Å²) in [6.45, 7) is 0. The van der Waals surface area contributed by atoms with E-state index in [-0.39, 0.29) is 6.42 Å². The molecule has 2 N–H and O–H groups in total. The molecule has 6 nitrogen and oxygen atoms in total. The number of fused-ring (bicyclic) bond motifs is 1. The highest BCUT2D eigenvalue weighted by atomic mass is 16.4. The molecule has 0 unspecified atom stereocenters. The Labute approximate surface area is 151 Å². The zero-order chi connectivity index (χ0) is 17.9. The molecule has 0 aliphatic heterocycles. The Morgan fingerprint density at radius 2 is 2.08 bits per heavy atom. The highest BCUT2D eigenvalue weighted by Crippen LogP contribution is 2.31. The molecular formula is C20H22N4O2. The first-order valence-electron chi connectivity index (χ1n) is 9.10. The average molecular weight is 350 g/mol. The van der Waals surface area contributed by atoms with Gasteiger partial charge in [0.2, 0.25) is 5.95 Å². The first kappa shape index (κ1) is 16.6. The van der Waals surface area contributed by atoms with Gasteiger partial charge in [-0.3, -0.25) is 4.79 Å². The van der Waals surface area contributed by atoms with Crippen LogP contribution in [-0.4, -0.2) is 25.6 Å². The molecule has 26 heavy (non-hydrogen) atoms. The number of carboxylic acids is 1. The zero-order valence-corrected chi connectivity index (χ0v) is 14.6. The number of nitrogens with zero attached hydrogens (tertiary/aromatic N) is 3. The predicted molar refractivity (Wildman–Crippen MR) is 101 cm³/mol. The van der Waals surface area contributed by atoms with Crippen LogP contribution >= 0.6 is 0 Å². The number of carbonyl (C=O) groups is 1. The SMILES string of the molecule is O=C(O)Cc1cccc(Nc2ncc3ccn(C4CCCCC4)c3n2)c1. The van der Waals surface area contributed by atoms with Crippen LogP contribution in [0, 0.1) is 0 Å². The minimum atomic E-state index is -0.842. The number of aliphatic carboxylic acids is 1. The van der Waals surface area contributed by atoms with Gasteiger partial charge < -0.3 is 15.0 Å². The van der Waals surface area contributed by atoms with Gasteiger partial charge in [-0.2, -0.15) is 4.98 Å². The lowest BCUT2D eigenvalue weighted by atomic mass is 9.95. The number of nitrogens with one attached hydrogen (secondary N) is 1. The Balaban J connectivity index is 1.60. The maximum Gasteiger partial charge on any atom is 0.307 e. The summed E-state index contributed by atoms with van der Waals surface area (Å²) in [7, 11) is 0. The maximum atomic E-state index is 10.9. The highest BCUT2D eigenvalue weighted by Gasteiger charge is 2.17. The van der Waals surface area contributed by atoms with Crippen LogP contribution in [0.2, 0.25) is 0 Å². The van der Waals surface area contributed by atoms with Crippen molar-refractivity contribution in [1.29, 1.82) is 0 Å². The molecule has 2 heterocycles. The Hall–Kier alpha value is -2.89. The first-order valence-corrected chi connectivity index (χ1v) is 9.10. The molecule has 134 valence electrons. The van der Waals surface area contributed by atoms with Crippen LogP contribution < -0.4 is 5.32 Å². The van der Waals surface area contributed by atoms with E-state index in [1.807, 2.05) is 24.4 Å². The van der Waals surface area contributed by atoms with Crippen molar-refractivity contribution in [2.45, 2.75) is 44.6 Å². The van der Waals surface area contributed by atoms with E-state index in [0.29, 0.717) is 12.0 Å². The van der Waals surface area contributed by atoms with Gasteiger partial charge in [0.05, 0.1) is 6.42 Å². The second-order valence-corrected chi connectivity index (χ2v) is 6.88. The topological polar surface area (TPSA) is 80.0 Å². The number of hydrogen-bond donors (Lipinski definition) is 2. The fourth-order valence-electron chi connectivity index (χ4n) is 3.71. The van der Waals surface area contributed by atoms with Crippen molar-refractivity contribution < 1.29 is 9.90 Å². The summed E-state index contributed by atoms with van der Waals surface area (Å²) in [6.07, 6.45) is 10.2. The van der Waals surface area contributed by atoms with Crippen LogP contribution in [0.1, 0.15) is 43.7 Å². The van der Waals surface area contributed by atoms with Crippen LogP contribution in [-0.2, 0) is 11.2 Å². The van der Waals surface area contributed by atoms with Gasteiger partial charge in [0, 0.05) is 29.5 Å². The Bertz CT molecular complexity index is 928. The van der Waals surface area contributed by atoms with Crippen molar-refractivity contribution in [3.63, 3.8) is 0 Å². The standard InChI is InChI=1S/C20H22N4O2/c25-18(26)12-14-5-4-6-16(11-14)22-20-21-13-15-9-10-24(19(15)23-20)17-7-2-1-3-8-17/h4-6,9-11,13,17H,1-3,7-8,12H2,(H,25,26)(H,21,22,23). The van der Waals surface area contributed by atoms with E-state index in [0.717, 1.165) is 22.3 Å². The Morgan fingerprint density at radius 3 is 2.88 bits per heavy atom. The van der Waals surface area contributed by atoms with Gasteiger partial charge in [-0.05, 0) is 36.6 Å². The molecule has 0 atom stereocenters. The van der Waals surface area contributed by atoms with Crippen LogP contribution in [0.15, 0.2) is 42.7 Å². The second-order valence-electron chi connectivity index (χ2n) is 6.88. The quantitative estimate of drug-likeness (QED) is 0.717. The summed E-state index contributed by atoms with van der Waals surface area (Å²) in [5.41, 5.74) is 2.49. The maximum absolute atomic E-state index is 10.9. The molecule has 6 heteroatoms. The molecule has 3 aromatic rings. The minimum Gasteiger partial charge on any atom is -0.481 e. The smallest absolute Gasteiger partial charge is 0.307 e. The molecule has 1 fully saturated rings. The molecule has 0 bridgehead atoms. The Kier molecular flexibility index (Phi) is 4.56. The molecule has 4 rings (SSSR count). The number of anilines is 2. The van der Waals surface area contributed by atoms with Gasteiger partial charge in [0.15, 0.2) is 0 Å². The monoisotopic (exact) mass is 350 g/mol. The lowest BCUT2D eigenvalue weighted by Crippen LogP contribution is -2.12. The number of hydrogen-bond acceptors (Lipinski definition) is 4. The van der Waals surface area contributed by atoms with Gasteiger partial charge in [-0.15, -0.1) is 0 Å². The second kappa shape index (κ2) is 7.15. The summed E-state index contributed by atoms with van der Waals surface area (Å²) < 4.78 is 2.28. The van der Waals surface area contributed by atoms with E-state index >= 15 is 0 Å². The van der Waals surface area contributed by atoms with Crippen LogP contribution in [0.3, 0.4) is 0 Å². The van der Waals surface area contributed by atoms with Gasteiger partial charge in [-0.25, -0.2) is 4.98 Å². The van der Waals surface area contributed by atoms with E-state index in [4.69, 9.17) is 10.1 Å². The van der Waals surface area contributed by atoms with E-state index in [9.17, 15) is 4.79 Å². The first-order chi connectivity index (χ1) is 12.7. The molecule has 1 aliphatic rings. The molecule has 0 spiro atoms. The van der Waals surface area contributed by atoms with E-state index in [1.165, 1.54) is 32.1 Å². The molecule has 1 saturated carbocycles. The van der Waals surface area contributed by atoms with Crippen LogP contribution in [0.5, 0.6) is 0 Å². The number of carboxylic acid groups (broad SMARTS) is 1. The largest absolute Gasteiger partial charge is 0.481 e. The third kappa shape index (κ3) is 3.54. The predicted octanol–water partition coefficient (Wildman–Crippen LogP) is 4.31. The van der Waals surface area contributed by atoms with Crippen molar-refractivity contribution in [1.82, 2.24) is 14.5 Å². The summed E-state index contributed by atoms with van der Waals surface area (Å²) in [4.78, 5) is 20.0. The van der Waals surface area contributed by atoms with Crippen molar-refractivity contribution in [3.05, 3.63) is 48.3 Å². The van der Waals surface area contributed by atoms with Crippen LogP contribution in [0.4, 0.5) is 11.6 Å². The summed E-state index contributed by atoms with van der Waals surface area (Å²) in [6, 6.07) is 9.94. The van der Waals surface area contributed by atoms with Crippen molar-refractivity contribution in [2.75, 3.05) is 5.32 Å². The zero-order valence-electron chi connectivity index (χ0n) is 14.6. The minimum absolute atomic E-state index is 0.0000568. The van der Waals surface area contributed by atoms with Crippen molar-refractivity contribution in [3.8, 4) is 0 Å². The van der Waals surface area contributed by atoms with E-state index in [2.05, 4.69) is 27.1 Å². The number of benzene rings is 1. The average Bonchev–Trinajstić information content (AvgIpc) is 3.05. The molecule has 0 radical (unpaired) electrons. The molecular weight excluding hydrogens is 328 g/mol. The summed E-state index contributed by atoms with van der Waals surface area (Å²) in [5, 5.41) is 13.2. The molecule has 2 aromatic heterocycles. The number of aromatic nitrogens is 3.